The van der Waals surface area contributed by atoms with E-state index in [0.717, 1.165) is 24.1 Å². The summed E-state index contributed by atoms with van der Waals surface area (Å²) in [4.78, 5) is 0. The quantitative estimate of drug-likeness (QED) is 0.825. The van der Waals surface area contributed by atoms with Crippen molar-refractivity contribution < 1.29 is 13.2 Å². The zero-order valence-corrected chi connectivity index (χ0v) is 9.93. The SMILES string of the molecule is C=C(CC)CNc1ccc(C(F)(F)F)cc1C#N. The van der Waals surface area contributed by atoms with Gasteiger partial charge in [0.25, 0.3) is 0 Å². The third-order valence-corrected chi connectivity index (χ3v) is 2.50. The maximum atomic E-state index is 12.5. The highest BCUT2D eigenvalue weighted by atomic mass is 19.4. The number of benzene rings is 1. The van der Waals surface area contributed by atoms with E-state index >= 15 is 0 Å². The molecule has 96 valence electrons. The van der Waals surface area contributed by atoms with E-state index in [1.807, 2.05) is 6.92 Å². The highest BCUT2D eigenvalue weighted by Gasteiger charge is 2.30. The summed E-state index contributed by atoms with van der Waals surface area (Å²) in [5.41, 5.74) is 0.464. The first-order valence-corrected chi connectivity index (χ1v) is 5.40. The second-order valence-electron chi connectivity index (χ2n) is 3.83. The molecule has 2 nitrogen and oxygen atoms in total. The van der Waals surface area contributed by atoms with Crippen molar-refractivity contribution in [3.8, 4) is 6.07 Å². The zero-order valence-electron chi connectivity index (χ0n) is 9.93. The molecule has 0 spiro atoms. The summed E-state index contributed by atoms with van der Waals surface area (Å²) >= 11 is 0. The van der Waals surface area contributed by atoms with Gasteiger partial charge in [0.1, 0.15) is 6.07 Å². The van der Waals surface area contributed by atoms with Crippen LogP contribution in [0.25, 0.3) is 0 Å². The van der Waals surface area contributed by atoms with Crippen molar-refractivity contribution in [1.82, 2.24) is 0 Å². The van der Waals surface area contributed by atoms with Crippen LogP contribution in [0.15, 0.2) is 30.4 Å². The Kier molecular flexibility index (Phi) is 4.38. The minimum Gasteiger partial charge on any atom is -0.380 e. The van der Waals surface area contributed by atoms with Gasteiger partial charge in [-0.2, -0.15) is 18.4 Å². The fourth-order valence-corrected chi connectivity index (χ4v) is 1.31. The first kappa shape index (κ1) is 14.1. The molecule has 18 heavy (non-hydrogen) atoms. The second kappa shape index (κ2) is 5.58. The third kappa shape index (κ3) is 3.52. The van der Waals surface area contributed by atoms with Crippen molar-refractivity contribution >= 4 is 5.69 Å². The first-order valence-electron chi connectivity index (χ1n) is 5.40. The van der Waals surface area contributed by atoms with Crippen molar-refractivity contribution in [2.75, 3.05) is 11.9 Å². The van der Waals surface area contributed by atoms with E-state index in [0.29, 0.717) is 12.2 Å². The molecule has 1 N–H and O–H groups in total. The number of hydrogen-bond acceptors (Lipinski definition) is 2. The lowest BCUT2D eigenvalue weighted by Gasteiger charge is -2.12. The molecule has 0 aliphatic heterocycles. The van der Waals surface area contributed by atoms with Crippen LogP contribution in [-0.4, -0.2) is 6.54 Å². The van der Waals surface area contributed by atoms with Crippen molar-refractivity contribution in [3.63, 3.8) is 0 Å². The van der Waals surface area contributed by atoms with E-state index in [1.54, 1.807) is 6.07 Å². The summed E-state index contributed by atoms with van der Waals surface area (Å²) in [6.45, 7) is 6.15. The Morgan fingerprint density at radius 2 is 2.11 bits per heavy atom. The van der Waals surface area contributed by atoms with Gasteiger partial charge in [0, 0.05) is 6.54 Å². The summed E-state index contributed by atoms with van der Waals surface area (Å²) in [5, 5.41) is 11.8. The molecule has 0 unspecified atom stereocenters. The largest absolute Gasteiger partial charge is 0.416 e. The molecule has 5 heteroatoms. The number of nitrogens with one attached hydrogen (secondary N) is 1. The van der Waals surface area contributed by atoms with Gasteiger partial charge < -0.3 is 5.32 Å². The highest BCUT2D eigenvalue weighted by Crippen LogP contribution is 2.31. The lowest BCUT2D eigenvalue weighted by Crippen LogP contribution is -2.08. The molecular weight excluding hydrogens is 241 g/mol. The van der Waals surface area contributed by atoms with Crippen molar-refractivity contribution in [2.24, 2.45) is 0 Å². The van der Waals surface area contributed by atoms with Gasteiger partial charge in [-0.25, -0.2) is 0 Å². The predicted octanol–water partition coefficient (Wildman–Crippen LogP) is 3.96. The van der Waals surface area contributed by atoms with Crippen LogP contribution in [0.2, 0.25) is 0 Å². The lowest BCUT2D eigenvalue weighted by atomic mass is 10.1. The number of nitrogens with zero attached hydrogens (tertiary/aromatic N) is 1. The summed E-state index contributed by atoms with van der Waals surface area (Å²) in [6.07, 6.45) is -3.66. The fourth-order valence-electron chi connectivity index (χ4n) is 1.31. The molecule has 0 heterocycles. The molecular formula is C13H13F3N2. The normalized spacial score (nSPS) is 10.8. The number of halogens is 3. The molecule has 0 aromatic heterocycles. The molecule has 0 saturated carbocycles. The third-order valence-electron chi connectivity index (χ3n) is 2.50. The topological polar surface area (TPSA) is 35.8 Å². The molecule has 0 bridgehead atoms. The molecule has 1 aromatic carbocycles. The lowest BCUT2D eigenvalue weighted by molar-refractivity contribution is -0.137. The van der Waals surface area contributed by atoms with E-state index in [4.69, 9.17) is 5.26 Å². The van der Waals surface area contributed by atoms with Crippen LogP contribution in [0.3, 0.4) is 0 Å². The molecule has 0 saturated heterocycles. The van der Waals surface area contributed by atoms with Gasteiger partial charge in [0.05, 0.1) is 16.8 Å². The maximum absolute atomic E-state index is 12.5. The van der Waals surface area contributed by atoms with Crippen LogP contribution in [0.4, 0.5) is 18.9 Å². The molecule has 1 aromatic rings. The second-order valence-corrected chi connectivity index (χ2v) is 3.83. The van der Waals surface area contributed by atoms with Crippen LogP contribution in [0.5, 0.6) is 0 Å². The predicted molar refractivity (Wildman–Crippen MR) is 64.1 cm³/mol. The Labute approximate surface area is 104 Å². The van der Waals surface area contributed by atoms with Gasteiger partial charge >= 0.3 is 6.18 Å². The Hall–Kier alpha value is -1.96. The molecule has 0 radical (unpaired) electrons. The molecule has 0 aliphatic rings. The molecule has 0 atom stereocenters. The average Bonchev–Trinajstić information content (AvgIpc) is 2.34. The zero-order chi connectivity index (χ0) is 13.8. The molecule has 0 fully saturated rings. The first-order chi connectivity index (χ1) is 8.38. The van der Waals surface area contributed by atoms with Crippen LogP contribution in [0, 0.1) is 11.3 Å². The van der Waals surface area contributed by atoms with Crippen LogP contribution >= 0.6 is 0 Å². The van der Waals surface area contributed by atoms with Gasteiger partial charge in [-0.05, 0) is 24.6 Å². The van der Waals surface area contributed by atoms with Crippen LogP contribution < -0.4 is 5.32 Å². The van der Waals surface area contributed by atoms with Crippen LogP contribution in [-0.2, 0) is 6.18 Å². The van der Waals surface area contributed by atoms with Gasteiger partial charge in [0.2, 0.25) is 0 Å². The Balaban J connectivity index is 2.95. The number of anilines is 1. The Bertz CT molecular complexity index is 484. The van der Waals surface area contributed by atoms with E-state index in [2.05, 4.69) is 11.9 Å². The molecule has 0 aliphatic carbocycles. The van der Waals surface area contributed by atoms with Gasteiger partial charge in [-0.3, -0.25) is 0 Å². The monoisotopic (exact) mass is 254 g/mol. The number of rotatable bonds is 4. The van der Waals surface area contributed by atoms with Crippen molar-refractivity contribution in [1.29, 1.82) is 5.26 Å². The maximum Gasteiger partial charge on any atom is 0.416 e. The average molecular weight is 254 g/mol. The van der Waals surface area contributed by atoms with Crippen molar-refractivity contribution in [2.45, 2.75) is 19.5 Å². The van der Waals surface area contributed by atoms with Gasteiger partial charge in [-0.15, -0.1) is 0 Å². The van der Waals surface area contributed by atoms with E-state index in [1.165, 1.54) is 6.07 Å². The number of hydrogen-bond donors (Lipinski definition) is 1. The smallest absolute Gasteiger partial charge is 0.380 e. The highest BCUT2D eigenvalue weighted by molar-refractivity contribution is 5.59. The summed E-state index contributed by atoms with van der Waals surface area (Å²) < 4.78 is 37.4. The van der Waals surface area contributed by atoms with E-state index < -0.39 is 11.7 Å². The Morgan fingerprint density at radius 3 is 2.61 bits per heavy atom. The minimum absolute atomic E-state index is 0.0197. The molecule has 1 rings (SSSR count). The standard InChI is InChI=1S/C13H13F3N2/c1-3-9(2)8-18-12-5-4-11(13(14,15)16)6-10(12)7-17/h4-6,18H,2-3,8H2,1H3. The molecule has 0 amide bonds. The fraction of sp³-hybridized carbons (Fsp3) is 0.308. The van der Waals surface area contributed by atoms with E-state index in [-0.39, 0.29) is 5.56 Å². The van der Waals surface area contributed by atoms with E-state index in [9.17, 15) is 13.2 Å². The summed E-state index contributed by atoms with van der Waals surface area (Å²) in [6, 6.07) is 4.83. The minimum atomic E-state index is -4.43. The number of alkyl halides is 3. The summed E-state index contributed by atoms with van der Waals surface area (Å²) in [7, 11) is 0. The van der Waals surface area contributed by atoms with Crippen molar-refractivity contribution in [3.05, 3.63) is 41.5 Å². The van der Waals surface area contributed by atoms with Crippen LogP contribution in [0.1, 0.15) is 24.5 Å². The Morgan fingerprint density at radius 1 is 1.44 bits per heavy atom. The number of nitriles is 1. The summed E-state index contributed by atoms with van der Waals surface area (Å²) in [5.74, 6) is 0. The van der Waals surface area contributed by atoms with Gasteiger partial charge in [-0.1, -0.05) is 19.1 Å². The van der Waals surface area contributed by atoms with Gasteiger partial charge in [0.15, 0.2) is 0 Å².